The summed E-state index contributed by atoms with van der Waals surface area (Å²) < 4.78 is 0. The quantitative estimate of drug-likeness (QED) is 0.352. The molecule has 0 N–H and O–H groups in total. The molecule has 30 heavy (non-hydrogen) atoms. The van der Waals surface area contributed by atoms with E-state index in [0.29, 0.717) is 0 Å². The van der Waals surface area contributed by atoms with Crippen LogP contribution in [0.25, 0.3) is 0 Å². The van der Waals surface area contributed by atoms with Crippen LogP contribution in [0.4, 0.5) is 0 Å². The largest absolute Gasteiger partial charge is 0.0588 e. The highest BCUT2D eigenvalue weighted by Crippen LogP contribution is 2.16. The molecule has 3 rings (SSSR count). The van der Waals surface area contributed by atoms with Crippen LogP contribution in [0.1, 0.15) is 66.8 Å². The Kier molecular flexibility index (Phi) is 9.56. The monoisotopic (exact) mass is 402 g/mol. The van der Waals surface area contributed by atoms with Gasteiger partial charge in [0.15, 0.2) is 0 Å². The Hall–Kier alpha value is -2.34. The van der Waals surface area contributed by atoms with Crippen molar-refractivity contribution in [3.8, 4) is 0 Å². The van der Waals surface area contributed by atoms with Crippen LogP contribution in [0.5, 0.6) is 0 Å². The van der Waals surface area contributed by atoms with Crippen LogP contribution in [0.2, 0.25) is 0 Å². The van der Waals surface area contributed by atoms with E-state index in [1.807, 2.05) is 0 Å². The van der Waals surface area contributed by atoms with Gasteiger partial charge in [-0.15, -0.1) is 0 Å². The number of hydrogen-bond acceptors (Lipinski definition) is 0. The van der Waals surface area contributed by atoms with Crippen molar-refractivity contribution in [2.24, 2.45) is 0 Å². The zero-order chi connectivity index (χ0) is 23.2. The second kappa shape index (κ2) is 11.2. The van der Waals surface area contributed by atoms with Gasteiger partial charge in [0.1, 0.15) is 0 Å². The summed E-state index contributed by atoms with van der Waals surface area (Å²) in [5.41, 5.74) is 16.8. The summed E-state index contributed by atoms with van der Waals surface area (Å²) in [5, 5.41) is 0. The van der Waals surface area contributed by atoms with E-state index in [2.05, 4.69) is 119 Å². The van der Waals surface area contributed by atoms with Gasteiger partial charge >= 0.3 is 0 Å². The molecule has 3 aromatic carbocycles. The third-order valence-electron chi connectivity index (χ3n) is 6.51. The SMILES string of the molecule is Cc1cc(C)c(C)c(C)c1.Cc1cc(C)c(C)cc1C.Cc1ccc(C)c(C)c1C. The third kappa shape index (κ3) is 7.17. The molecule has 0 saturated heterocycles. The Bertz CT molecular complexity index is 903. The first-order valence-electron chi connectivity index (χ1n) is 11.0. The number of rotatable bonds is 0. The van der Waals surface area contributed by atoms with Crippen molar-refractivity contribution in [1.29, 1.82) is 0 Å². The van der Waals surface area contributed by atoms with Gasteiger partial charge in [0, 0.05) is 0 Å². The van der Waals surface area contributed by atoms with Crippen molar-refractivity contribution < 1.29 is 0 Å². The van der Waals surface area contributed by atoms with E-state index >= 15 is 0 Å². The zero-order valence-corrected chi connectivity index (χ0v) is 21.5. The molecule has 0 aromatic heterocycles. The highest BCUT2D eigenvalue weighted by Gasteiger charge is 1.98. The summed E-state index contributed by atoms with van der Waals surface area (Å²) in [4.78, 5) is 0. The molecular formula is C30H42. The van der Waals surface area contributed by atoms with Gasteiger partial charge in [-0.2, -0.15) is 0 Å². The standard InChI is InChI=1S/3C10H14/c1-7-5-9(3)10(4)6-8(7)2;1-7-5-8(2)10(4)9(3)6-7;1-7-5-6-8(2)10(4)9(7)3/h3*5-6H,1-4H3. The summed E-state index contributed by atoms with van der Waals surface area (Å²) in [7, 11) is 0. The summed E-state index contributed by atoms with van der Waals surface area (Å²) >= 11 is 0. The Morgan fingerprint density at radius 1 is 0.300 bits per heavy atom. The van der Waals surface area contributed by atoms with Crippen molar-refractivity contribution in [3.63, 3.8) is 0 Å². The Morgan fingerprint density at radius 2 is 0.600 bits per heavy atom. The topological polar surface area (TPSA) is 0 Å². The van der Waals surface area contributed by atoms with E-state index in [-0.39, 0.29) is 0 Å². The molecule has 0 aliphatic heterocycles. The number of hydrogen-bond donors (Lipinski definition) is 0. The molecule has 0 aliphatic carbocycles. The maximum atomic E-state index is 2.24. The number of benzene rings is 3. The van der Waals surface area contributed by atoms with Crippen LogP contribution in [-0.2, 0) is 0 Å². The fourth-order valence-corrected chi connectivity index (χ4v) is 3.45. The Balaban J connectivity index is 0.000000225. The van der Waals surface area contributed by atoms with Gasteiger partial charge in [0.25, 0.3) is 0 Å². The molecule has 0 nitrogen and oxygen atoms in total. The zero-order valence-electron chi connectivity index (χ0n) is 21.5. The summed E-state index contributed by atoms with van der Waals surface area (Å²) in [6, 6.07) is 13.3. The molecule has 0 unspecified atom stereocenters. The van der Waals surface area contributed by atoms with Crippen LogP contribution < -0.4 is 0 Å². The molecule has 0 amide bonds. The molecule has 0 heterocycles. The highest BCUT2D eigenvalue weighted by atomic mass is 14.0. The van der Waals surface area contributed by atoms with Gasteiger partial charge in [-0.25, -0.2) is 0 Å². The Labute approximate surface area is 186 Å². The summed E-state index contributed by atoms with van der Waals surface area (Å²) in [5.74, 6) is 0. The van der Waals surface area contributed by atoms with E-state index < -0.39 is 0 Å². The van der Waals surface area contributed by atoms with Crippen molar-refractivity contribution >= 4 is 0 Å². The van der Waals surface area contributed by atoms with E-state index in [0.717, 1.165) is 0 Å². The molecule has 162 valence electrons. The molecule has 0 radical (unpaired) electrons. The number of aryl methyl sites for hydroxylation is 9. The first-order chi connectivity index (χ1) is 13.8. The second-order valence-corrected chi connectivity index (χ2v) is 8.99. The minimum atomic E-state index is 1.36. The molecule has 0 saturated carbocycles. The second-order valence-electron chi connectivity index (χ2n) is 8.99. The van der Waals surface area contributed by atoms with Gasteiger partial charge < -0.3 is 0 Å². The van der Waals surface area contributed by atoms with Crippen molar-refractivity contribution in [1.82, 2.24) is 0 Å². The van der Waals surface area contributed by atoms with E-state index in [1.165, 1.54) is 66.8 Å². The molecule has 3 aromatic rings. The first-order valence-corrected chi connectivity index (χ1v) is 11.0. The fraction of sp³-hybridized carbons (Fsp3) is 0.400. The van der Waals surface area contributed by atoms with E-state index in [4.69, 9.17) is 0 Å². The van der Waals surface area contributed by atoms with Crippen molar-refractivity contribution in [2.75, 3.05) is 0 Å². The van der Waals surface area contributed by atoms with Crippen LogP contribution in [0.3, 0.4) is 0 Å². The van der Waals surface area contributed by atoms with Gasteiger partial charge in [0.2, 0.25) is 0 Å². The molecule has 0 spiro atoms. The average molecular weight is 403 g/mol. The average Bonchev–Trinajstić information content (AvgIpc) is 2.67. The smallest absolute Gasteiger partial charge is 0.0392 e. The van der Waals surface area contributed by atoms with Gasteiger partial charge in [-0.05, 0) is 144 Å². The van der Waals surface area contributed by atoms with E-state index in [1.54, 1.807) is 0 Å². The first kappa shape index (κ1) is 25.7. The predicted molar refractivity (Wildman–Crippen MR) is 136 cm³/mol. The predicted octanol–water partition coefficient (Wildman–Crippen LogP) is 8.76. The van der Waals surface area contributed by atoms with Crippen LogP contribution in [0.15, 0.2) is 36.4 Å². The van der Waals surface area contributed by atoms with Gasteiger partial charge in [-0.1, -0.05) is 42.0 Å². The van der Waals surface area contributed by atoms with Gasteiger partial charge in [0.05, 0.1) is 0 Å². The molecule has 0 atom stereocenters. The van der Waals surface area contributed by atoms with E-state index in [9.17, 15) is 0 Å². The lowest BCUT2D eigenvalue weighted by atomic mass is 10.0. The molecule has 0 fully saturated rings. The molecule has 0 bridgehead atoms. The normalized spacial score (nSPS) is 10.0. The van der Waals surface area contributed by atoms with Crippen molar-refractivity contribution in [2.45, 2.75) is 83.1 Å². The lowest BCUT2D eigenvalue weighted by molar-refractivity contribution is 1.22. The minimum Gasteiger partial charge on any atom is -0.0588 e. The molecule has 0 aliphatic rings. The molecular weight excluding hydrogens is 360 g/mol. The van der Waals surface area contributed by atoms with Crippen molar-refractivity contribution in [3.05, 3.63) is 103 Å². The van der Waals surface area contributed by atoms with Gasteiger partial charge in [-0.3, -0.25) is 0 Å². The Morgan fingerprint density at radius 3 is 0.900 bits per heavy atom. The highest BCUT2D eigenvalue weighted by molar-refractivity contribution is 5.38. The summed E-state index contributed by atoms with van der Waals surface area (Å²) in [6.45, 7) is 25.9. The lowest BCUT2D eigenvalue weighted by Gasteiger charge is -2.06. The molecule has 0 heteroatoms. The van der Waals surface area contributed by atoms with Crippen LogP contribution >= 0.6 is 0 Å². The lowest BCUT2D eigenvalue weighted by Crippen LogP contribution is -1.88. The third-order valence-corrected chi connectivity index (χ3v) is 6.51. The fourth-order valence-electron chi connectivity index (χ4n) is 3.45. The van der Waals surface area contributed by atoms with Crippen LogP contribution in [-0.4, -0.2) is 0 Å². The summed E-state index contributed by atoms with van der Waals surface area (Å²) in [6.07, 6.45) is 0. The maximum absolute atomic E-state index is 2.24. The van der Waals surface area contributed by atoms with Crippen LogP contribution in [0, 0.1) is 83.1 Å². The maximum Gasteiger partial charge on any atom is -0.0392 e. The minimum absolute atomic E-state index is 1.36.